The van der Waals surface area contributed by atoms with Crippen LogP contribution < -0.4 is 0 Å². The van der Waals surface area contributed by atoms with Crippen molar-refractivity contribution in [2.24, 2.45) is 0 Å². The van der Waals surface area contributed by atoms with Crippen molar-refractivity contribution in [1.29, 1.82) is 0 Å². The Morgan fingerprint density at radius 2 is 1.79 bits per heavy atom. The molecular weight excluding hydrogens is 356 g/mol. The molecule has 3 aromatic rings. The second-order valence-electron chi connectivity index (χ2n) is 9.35. The number of nitrogens with zero attached hydrogens (tertiary/aromatic N) is 2. The molecule has 3 heteroatoms. The molecule has 1 aliphatic heterocycles. The smallest absolute Gasteiger partial charge is 0.0896 e. The van der Waals surface area contributed by atoms with E-state index in [4.69, 9.17) is 0 Å². The summed E-state index contributed by atoms with van der Waals surface area (Å²) in [4.78, 5) is 2.69. The molecule has 1 saturated carbocycles. The molecule has 1 fully saturated rings. The fourth-order valence-corrected chi connectivity index (χ4v) is 6.22. The van der Waals surface area contributed by atoms with Crippen LogP contribution in [0.2, 0.25) is 0 Å². The fraction of sp³-hybridized carbons (Fsp3) is 0.462. The van der Waals surface area contributed by atoms with Crippen LogP contribution in [0.1, 0.15) is 67.0 Å². The highest BCUT2D eigenvalue weighted by Gasteiger charge is 2.37. The van der Waals surface area contributed by atoms with Gasteiger partial charge in [-0.2, -0.15) is 0 Å². The first-order chi connectivity index (χ1) is 14.2. The van der Waals surface area contributed by atoms with Gasteiger partial charge in [-0.05, 0) is 60.9 Å². The number of aliphatic hydroxyl groups is 1. The maximum Gasteiger partial charge on any atom is 0.0896 e. The Hall–Kier alpha value is -2.10. The van der Waals surface area contributed by atoms with E-state index in [9.17, 15) is 5.11 Å². The zero-order valence-corrected chi connectivity index (χ0v) is 17.1. The third-order valence-corrected chi connectivity index (χ3v) is 7.68. The van der Waals surface area contributed by atoms with Gasteiger partial charge in [0.05, 0.1) is 11.6 Å². The number of rotatable bonds is 3. The van der Waals surface area contributed by atoms with Crippen LogP contribution in [0.15, 0.2) is 48.5 Å². The van der Waals surface area contributed by atoms with Gasteiger partial charge >= 0.3 is 0 Å². The molecule has 2 aromatic carbocycles. The van der Waals surface area contributed by atoms with Crippen LogP contribution in [0.25, 0.3) is 10.9 Å². The van der Waals surface area contributed by atoms with E-state index in [-0.39, 0.29) is 0 Å². The van der Waals surface area contributed by atoms with E-state index in [1.807, 2.05) is 0 Å². The first-order valence-electron chi connectivity index (χ1n) is 11.4. The van der Waals surface area contributed by atoms with Crippen molar-refractivity contribution in [2.75, 3.05) is 6.54 Å². The lowest BCUT2D eigenvalue weighted by Gasteiger charge is -2.40. The number of hydrogen-bond donors (Lipinski definition) is 1. The third-order valence-electron chi connectivity index (χ3n) is 7.68. The van der Waals surface area contributed by atoms with E-state index in [1.165, 1.54) is 35.7 Å². The largest absolute Gasteiger partial charge is 0.385 e. The van der Waals surface area contributed by atoms with Gasteiger partial charge in [-0.1, -0.05) is 49.2 Å². The van der Waals surface area contributed by atoms with Gasteiger partial charge in [0.2, 0.25) is 0 Å². The van der Waals surface area contributed by atoms with Gasteiger partial charge in [0, 0.05) is 36.2 Å². The van der Waals surface area contributed by atoms with Crippen LogP contribution in [0.5, 0.6) is 0 Å². The zero-order chi connectivity index (χ0) is 19.4. The molecule has 2 aliphatic carbocycles. The van der Waals surface area contributed by atoms with Gasteiger partial charge in [-0.3, -0.25) is 4.90 Å². The lowest BCUT2D eigenvalue weighted by Crippen LogP contribution is -2.39. The topological polar surface area (TPSA) is 28.4 Å². The van der Waals surface area contributed by atoms with Crippen molar-refractivity contribution in [1.82, 2.24) is 9.47 Å². The van der Waals surface area contributed by atoms with E-state index in [0.717, 1.165) is 50.9 Å². The van der Waals surface area contributed by atoms with E-state index in [0.29, 0.717) is 6.04 Å². The second kappa shape index (κ2) is 6.72. The molecule has 6 rings (SSSR count). The number of aryl methyl sites for hydroxylation is 1. The molecule has 3 nitrogen and oxygen atoms in total. The summed E-state index contributed by atoms with van der Waals surface area (Å²) in [6.45, 7) is 3.22. The standard InChI is InChI=1S/C26H30N2O/c29-26(13-4-5-14-26)20-11-12-23-22(17-20)21-9-6-10-24-25(21)28(23)16-15-27(24)18-19-7-2-1-3-8-19/h1-3,7-8,11-12,17,24,29H,4-6,9-10,13-16,18H2/t24-/m0/s1. The molecule has 1 atom stereocenters. The highest BCUT2D eigenvalue weighted by atomic mass is 16.3. The van der Waals surface area contributed by atoms with E-state index in [2.05, 4.69) is 58.0 Å². The summed E-state index contributed by atoms with van der Waals surface area (Å²) in [6, 6.07) is 18.3. The number of benzene rings is 2. The molecule has 0 amide bonds. The lowest BCUT2D eigenvalue weighted by molar-refractivity contribution is 0.0446. The average molecular weight is 387 g/mol. The summed E-state index contributed by atoms with van der Waals surface area (Å²) in [6.07, 6.45) is 7.80. The molecule has 150 valence electrons. The molecule has 1 aromatic heterocycles. The molecular formula is C26H30N2O. The minimum absolute atomic E-state index is 0.526. The molecule has 2 heterocycles. The Bertz CT molecular complexity index is 1050. The van der Waals surface area contributed by atoms with Gasteiger partial charge in [0.1, 0.15) is 0 Å². The van der Waals surface area contributed by atoms with Crippen molar-refractivity contribution < 1.29 is 5.11 Å². The van der Waals surface area contributed by atoms with E-state index >= 15 is 0 Å². The van der Waals surface area contributed by atoms with Gasteiger partial charge in [0.25, 0.3) is 0 Å². The van der Waals surface area contributed by atoms with Crippen LogP contribution in [0.3, 0.4) is 0 Å². The van der Waals surface area contributed by atoms with Gasteiger partial charge < -0.3 is 9.67 Å². The molecule has 0 saturated heterocycles. The lowest BCUT2D eigenvalue weighted by atomic mass is 9.87. The van der Waals surface area contributed by atoms with Crippen molar-refractivity contribution in [3.63, 3.8) is 0 Å². The van der Waals surface area contributed by atoms with Crippen LogP contribution in [-0.2, 0) is 25.1 Å². The highest BCUT2D eigenvalue weighted by molar-refractivity contribution is 5.87. The Balaban J connectivity index is 1.42. The Labute approximate surface area is 173 Å². The molecule has 29 heavy (non-hydrogen) atoms. The molecule has 0 spiro atoms. The Kier molecular flexibility index (Phi) is 4.11. The second-order valence-corrected chi connectivity index (χ2v) is 9.35. The minimum Gasteiger partial charge on any atom is -0.385 e. The third kappa shape index (κ3) is 2.78. The van der Waals surface area contributed by atoms with Crippen LogP contribution in [-0.4, -0.2) is 21.1 Å². The Morgan fingerprint density at radius 1 is 0.966 bits per heavy atom. The van der Waals surface area contributed by atoms with Crippen LogP contribution in [0, 0.1) is 0 Å². The van der Waals surface area contributed by atoms with Crippen LogP contribution >= 0.6 is 0 Å². The maximum absolute atomic E-state index is 11.1. The number of fused-ring (bicyclic) bond motifs is 3. The van der Waals surface area contributed by atoms with E-state index < -0.39 is 5.60 Å². The monoisotopic (exact) mass is 386 g/mol. The quantitative estimate of drug-likeness (QED) is 0.662. The predicted molar refractivity (Wildman–Crippen MR) is 117 cm³/mol. The maximum atomic E-state index is 11.1. The van der Waals surface area contributed by atoms with E-state index in [1.54, 1.807) is 11.3 Å². The van der Waals surface area contributed by atoms with Crippen molar-refractivity contribution in [2.45, 2.75) is 69.7 Å². The van der Waals surface area contributed by atoms with Crippen molar-refractivity contribution in [3.05, 3.63) is 70.9 Å². The fourth-order valence-electron chi connectivity index (χ4n) is 6.22. The van der Waals surface area contributed by atoms with Crippen molar-refractivity contribution >= 4 is 10.9 Å². The van der Waals surface area contributed by atoms with Crippen molar-refractivity contribution in [3.8, 4) is 0 Å². The van der Waals surface area contributed by atoms with Crippen LogP contribution in [0.4, 0.5) is 0 Å². The normalized spacial score (nSPS) is 23.4. The zero-order valence-electron chi connectivity index (χ0n) is 17.1. The average Bonchev–Trinajstić information content (AvgIpc) is 3.34. The summed E-state index contributed by atoms with van der Waals surface area (Å²) < 4.78 is 2.60. The first kappa shape index (κ1) is 17.7. The molecule has 0 radical (unpaired) electrons. The summed E-state index contributed by atoms with van der Waals surface area (Å²) >= 11 is 0. The molecule has 0 bridgehead atoms. The van der Waals surface area contributed by atoms with Gasteiger partial charge in [0.15, 0.2) is 0 Å². The molecule has 0 unspecified atom stereocenters. The summed E-state index contributed by atoms with van der Waals surface area (Å²) in [5.74, 6) is 0. The molecule has 1 N–H and O–H groups in total. The predicted octanol–water partition coefficient (Wildman–Crippen LogP) is 5.30. The van der Waals surface area contributed by atoms with Gasteiger partial charge in [-0.15, -0.1) is 0 Å². The SMILES string of the molecule is OC1(c2ccc3c(c2)c2c4n3CCN(Cc3ccccc3)[C@H]4CCC2)CCCC1. The number of hydrogen-bond acceptors (Lipinski definition) is 2. The summed E-state index contributed by atoms with van der Waals surface area (Å²) in [5, 5.41) is 12.6. The summed E-state index contributed by atoms with van der Waals surface area (Å²) in [7, 11) is 0. The first-order valence-corrected chi connectivity index (χ1v) is 11.4. The number of aromatic nitrogens is 1. The molecule has 3 aliphatic rings. The minimum atomic E-state index is -0.600. The van der Waals surface area contributed by atoms with Gasteiger partial charge in [-0.25, -0.2) is 0 Å². The summed E-state index contributed by atoms with van der Waals surface area (Å²) in [5.41, 5.74) is 6.45. The highest BCUT2D eigenvalue weighted by Crippen LogP contribution is 2.45. The Morgan fingerprint density at radius 3 is 2.62 bits per heavy atom.